The quantitative estimate of drug-likeness (QED) is 0.648. The molecule has 0 saturated carbocycles. The van der Waals surface area contributed by atoms with Crippen LogP contribution in [-0.4, -0.2) is 50.4 Å². The van der Waals surface area contributed by atoms with Gasteiger partial charge in [-0.3, -0.25) is 4.79 Å². The Balaban J connectivity index is 1.77. The molecule has 30 heavy (non-hydrogen) atoms. The number of sulfonamides is 1. The third kappa shape index (κ3) is 5.67. The minimum absolute atomic E-state index is 0.00743. The molecule has 1 heterocycles. The highest BCUT2D eigenvalue weighted by molar-refractivity contribution is 8.00. The molecule has 2 aromatic carbocycles. The zero-order valence-corrected chi connectivity index (χ0v) is 17.7. The van der Waals surface area contributed by atoms with E-state index in [2.05, 4.69) is 5.32 Å². The van der Waals surface area contributed by atoms with Crippen LogP contribution in [0, 0.1) is 0 Å². The van der Waals surface area contributed by atoms with Crippen molar-refractivity contribution >= 4 is 45.0 Å². The molecule has 3 rings (SSSR count). The topological polar surface area (TPSA) is 75.7 Å². The van der Waals surface area contributed by atoms with E-state index in [1.165, 1.54) is 46.8 Å². The van der Waals surface area contributed by atoms with E-state index in [0.717, 1.165) is 0 Å². The normalized spacial score (nSPS) is 15.7. The van der Waals surface area contributed by atoms with Crippen molar-refractivity contribution in [1.29, 1.82) is 0 Å². The van der Waals surface area contributed by atoms with Gasteiger partial charge in [0.1, 0.15) is 4.90 Å². The molecule has 0 spiro atoms. The number of carbonyl (C=O) groups is 1. The zero-order valence-electron chi connectivity index (χ0n) is 15.3. The molecular formula is C18H16ClF3N2O4S2. The van der Waals surface area contributed by atoms with Crippen LogP contribution >= 0.6 is 23.4 Å². The largest absolute Gasteiger partial charge is 0.446 e. The predicted octanol–water partition coefficient (Wildman–Crippen LogP) is 4.23. The lowest BCUT2D eigenvalue weighted by molar-refractivity contribution is -0.0328. The summed E-state index contributed by atoms with van der Waals surface area (Å²) < 4.78 is 69.3. The van der Waals surface area contributed by atoms with Crippen molar-refractivity contribution in [3.8, 4) is 0 Å². The van der Waals surface area contributed by atoms with Crippen LogP contribution in [0.15, 0.2) is 52.3 Å². The first kappa shape index (κ1) is 22.9. The number of benzene rings is 2. The minimum Gasteiger partial charge on any atom is -0.379 e. The van der Waals surface area contributed by atoms with Crippen LogP contribution in [-0.2, 0) is 14.8 Å². The highest BCUT2D eigenvalue weighted by Gasteiger charge is 2.30. The Morgan fingerprint density at radius 2 is 1.73 bits per heavy atom. The highest BCUT2D eigenvalue weighted by atomic mass is 35.5. The van der Waals surface area contributed by atoms with Gasteiger partial charge >= 0.3 is 5.51 Å². The number of anilines is 1. The van der Waals surface area contributed by atoms with E-state index in [0.29, 0.717) is 0 Å². The highest BCUT2D eigenvalue weighted by Crippen LogP contribution is 2.36. The van der Waals surface area contributed by atoms with Gasteiger partial charge in [0.25, 0.3) is 5.91 Å². The summed E-state index contributed by atoms with van der Waals surface area (Å²) >= 11 is 5.80. The van der Waals surface area contributed by atoms with Crippen LogP contribution in [0.5, 0.6) is 0 Å². The SMILES string of the molecule is O=C(Nc1ccc(Cl)c(S(=O)(=O)N2CCOCC2)c1)c1ccc(SC(F)(F)F)cc1. The average Bonchev–Trinajstić information content (AvgIpc) is 2.69. The second-order valence-electron chi connectivity index (χ2n) is 6.19. The van der Waals surface area contributed by atoms with E-state index in [1.54, 1.807) is 0 Å². The van der Waals surface area contributed by atoms with Crippen molar-refractivity contribution in [1.82, 2.24) is 4.31 Å². The molecule has 0 atom stereocenters. The number of rotatable bonds is 5. The molecule has 1 saturated heterocycles. The molecule has 0 radical (unpaired) electrons. The first-order chi connectivity index (χ1) is 14.1. The summed E-state index contributed by atoms with van der Waals surface area (Å²) in [4.78, 5) is 12.2. The Kier molecular flexibility index (Phi) is 6.98. The Labute approximate surface area is 180 Å². The van der Waals surface area contributed by atoms with Gasteiger partial charge in [-0.25, -0.2) is 8.42 Å². The number of amides is 1. The smallest absolute Gasteiger partial charge is 0.379 e. The minimum atomic E-state index is -4.42. The Morgan fingerprint density at radius 3 is 2.33 bits per heavy atom. The maximum absolute atomic E-state index is 12.8. The van der Waals surface area contributed by atoms with Crippen LogP contribution in [0.4, 0.5) is 18.9 Å². The number of ether oxygens (including phenoxy) is 1. The third-order valence-corrected chi connectivity index (χ3v) is 7.25. The lowest BCUT2D eigenvalue weighted by Crippen LogP contribution is -2.40. The fourth-order valence-corrected chi connectivity index (χ4v) is 5.16. The molecular weight excluding hydrogens is 465 g/mol. The van der Waals surface area contributed by atoms with E-state index in [9.17, 15) is 26.4 Å². The van der Waals surface area contributed by atoms with Gasteiger partial charge in [0.05, 0.1) is 18.2 Å². The number of halogens is 4. The second-order valence-corrected chi connectivity index (χ2v) is 9.64. The second kappa shape index (κ2) is 9.15. The summed E-state index contributed by atoms with van der Waals surface area (Å²) in [6.07, 6.45) is 0. The number of carbonyl (C=O) groups excluding carboxylic acids is 1. The number of alkyl halides is 3. The molecule has 1 aliphatic heterocycles. The molecule has 1 amide bonds. The summed E-state index contributed by atoms with van der Waals surface area (Å²) in [5, 5.41) is 2.54. The summed E-state index contributed by atoms with van der Waals surface area (Å²) in [6, 6.07) is 8.92. The van der Waals surface area contributed by atoms with Gasteiger partial charge in [-0.15, -0.1) is 0 Å². The number of hydrogen-bond donors (Lipinski definition) is 1. The van der Waals surface area contributed by atoms with Crippen molar-refractivity contribution in [2.24, 2.45) is 0 Å². The molecule has 0 aliphatic carbocycles. The summed E-state index contributed by atoms with van der Waals surface area (Å²) in [5.74, 6) is -0.601. The van der Waals surface area contributed by atoms with Crippen molar-refractivity contribution in [2.75, 3.05) is 31.6 Å². The maximum Gasteiger partial charge on any atom is 0.446 e. The van der Waals surface area contributed by atoms with E-state index >= 15 is 0 Å². The van der Waals surface area contributed by atoms with Gasteiger partial charge in [-0.2, -0.15) is 17.5 Å². The summed E-state index contributed by atoms with van der Waals surface area (Å²) in [5.41, 5.74) is -4.12. The van der Waals surface area contributed by atoms with Gasteiger partial charge in [0, 0.05) is 29.2 Å². The first-order valence-corrected chi connectivity index (χ1v) is 11.2. The van der Waals surface area contributed by atoms with Crippen LogP contribution < -0.4 is 5.32 Å². The van der Waals surface area contributed by atoms with E-state index in [1.807, 2.05) is 0 Å². The average molecular weight is 481 g/mol. The number of thioether (sulfide) groups is 1. The van der Waals surface area contributed by atoms with Crippen LogP contribution in [0.25, 0.3) is 0 Å². The van der Waals surface area contributed by atoms with Crippen LogP contribution in [0.2, 0.25) is 5.02 Å². The summed E-state index contributed by atoms with van der Waals surface area (Å²) in [7, 11) is -3.88. The van der Waals surface area contributed by atoms with Crippen molar-refractivity contribution in [3.05, 3.63) is 53.1 Å². The maximum atomic E-state index is 12.8. The van der Waals surface area contributed by atoms with Gasteiger partial charge < -0.3 is 10.1 Å². The Bertz CT molecular complexity index is 1020. The Hall–Kier alpha value is -1.79. The molecule has 1 fully saturated rings. The van der Waals surface area contributed by atoms with Gasteiger partial charge in [0.2, 0.25) is 10.0 Å². The molecule has 0 aromatic heterocycles. The number of nitrogens with one attached hydrogen (secondary N) is 1. The van der Waals surface area contributed by atoms with Crippen LogP contribution in [0.1, 0.15) is 10.4 Å². The van der Waals surface area contributed by atoms with Gasteiger partial charge in [0.15, 0.2) is 0 Å². The Morgan fingerprint density at radius 1 is 1.10 bits per heavy atom. The summed E-state index contributed by atoms with van der Waals surface area (Å²) in [6.45, 7) is 0.931. The monoisotopic (exact) mass is 480 g/mol. The standard InChI is InChI=1S/C18H16ClF3N2O4S2/c19-15-6-3-13(11-16(15)30(26,27)24-7-9-28-10-8-24)23-17(25)12-1-4-14(5-2-12)29-18(20,21)22/h1-6,11H,7-10H2,(H,23,25). The molecule has 2 aromatic rings. The van der Waals surface area contributed by atoms with Gasteiger partial charge in [-0.05, 0) is 54.2 Å². The third-order valence-electron chi connectivity index (χ3n) is 4.13. The van der Waals surface area contributed by atoms with Crippen molar-refractivity contribution in [2.45, 2.75) is 15.3 Å². The molecule has 0 unspecified atom stereocenters. The van der Waals surface area contributed by atoms with Crippen LogP contribution in [0.3, 0.4) is 0 Å². The number of morpholine rings is 1. The lowest BCUT2D eigenvalue weighted by atomic mass is 10.2. The lowest BCUT2D eigenvalue weighted by Gasteiger charge is -2.26. The van der Waals surface area contributed by atoms with E-state index < -0.39 is 21.4 Å². The molecule has 1 N–H and O–H groups in total. The first-order valence-electron chi connectivity index (χ1n) is 8.61. The fraction of sp³-hybridized carbons (Fsp3) is 0.278. The van der Waals surface area contributed by atoms with Gasteiger partial charge in [-0.1, -0.05) is 11.6 Å². The number of hydrogen-bond acceptors (Lipinski definition) is 5. The molecule has 1 aliphatic rings. The van der Waals surface area contributed by atoms with E-state index in [-0.39, 0.29) is 64.1 Å². The van der Waals surface area contributed by atoms with E-state index in [4.69, 9.17) is 16.3 Å². The van der Waals surface area contributed by atoms with Crippen molar-refractivity contribution < 1.29 is 31.1 Å². The predicted molar refractivity (Wildman–Crippen MR) is 107 cm³/mol. The van der Waals surface area contributed by atoms with Crippen molar-refractivity contribution in [3.63, 3.8) is 0 Å². The fourth-order valence-electron chi connectivity index (χ4n) is 2.72. The molecule has 0 bridgehead atoms. The molecule has 6 nitrogen and oxygen atoms in total. The zero-order chi connectivity index (χ0) is 21.9. The number of nitrogens with zero attached hydrogens (tertiary/aromatic N) is 1. The molecule has 12 heteroatoms. The molecule has 162 valence electrons.